The molecule has 0 spiro atoms. The van der Waals surface area contributed by atoms with Gasteiger partial charge in [0.25, 0.3) is 0 Å². The van der Waals surface area contributed by atoms with Gasteiger partial charge in [0, 0.05) is 58.5 Å². The summed E-state index contributed by atoms with van der Waals surface area (Å²) in [5.74, 6) is 0. The Morgan fingerprint density at radius 1 is 0.392 bits per heavy atom. The van der Waals surface area contributed by atoms with E-state index in [2.05, 4.69) is 180 Å². The van der Waals surface area contributed by atoms with Crippen molar-refractivity contribution < 1.29 is 4.42 Å². The van der Waals surface area contributed by atoms with Gasteiger partial charge in [0.2, 0.25) is 0 Å². The number of nitrogens with zero attached hydrogens (tertiary/aromatic N) is 1. The molecule has 3 heteroatoms. The normalized spacial score (nSPS) is 11.9. The van der Waals surface area contributed by atoms with Gasteiger partial charge in [-0.1, -0.05) is 127 Å². The quantitative estimate of drug-likeness (QED) is 0.183. The molecule has 0 bridgehead atoms. The number of rotatable bonds is 4. The van der Waals surface area contributed by atoms with Gasteiger partial charge in [0.1, 0.15) is 11.2 Å². The largest absolute Gasteiger partial charge is 0.455 e. The topological polar surface area (TPSA) is 18.1 Å². The van der Waals surface area contributed by atoms with E-state index in [1.807, 2.05) is 11.3 Å². The second-order valence-corrected chi connectivity index (χ2v) is 14.3. The first kappa shape index (κ1) is 28.4. The van der Waals surface area contributed by atoms with Gasteiger partial charge in [-0.05, 0) is 70.8 Å². The number of aromatic nitrogens is 1. The van der Waals surface area contributed by atoms with E-state index in [-0.39, 0.29) is 0 Å². The van der Waals surface area contributed by atoms with Crippen LogP contribution < -0.4 is 0 Å². The van der Waals surface area contributed by atoms with Crippen LogP contribution in [0.1, 0.15) is 0 Å². The molecule has 238 valence electrons. The van der Waals surface area contributed by atoms with Crippen LogP contribution in [0.25, 0.3) is 103 Å². The number of furan rings is 1. The standard InChI is InChI=1S/C48H29NOS/c1-3-11-30(12-4-1)32-21-24-43-40(27-32)41-28-33(31-13-5-2-6-14-31)22-25-44(41)49(43)34-23-26-45-42(29-34)37-17-9-16-36(47(37)50-45)39-19-10-18-38-35-15-7-8-20-46(35)51-48(38)39/h1-29H. The highest BCUT2D eigenvalue weighted by atomic mass is 32.1. The maximum absolute atomic E-state index is 6.73. The summed E-state index contributed by atoms with van der Waals surface area (Å²) in [7, 11) is 0. The maximum atomic E-state index is 6.73. The lowest BCUT2D eigenvalue weighted by atomic mass is 10.00. The molecule has 0 saturated carbocycles. The third-order valence-corrected chi connectivity index (χ3v) is 11.6. The fraction of sp³-hybridized carbons (Fsp3) is 0. The summed E-state index contributed by atoms with van der Waals surface area (Å²) >= 11 is 1.86. The molecule has 0 aliphatic rings. The van der Waals surface area contributed by atoms with Crippen LogP contribution in [0.2, 0.25) is 0 Å². The zero-order valence-corrected chi connectivity index (χ0v) is 28.3. The molecule has 0 fully saturated rings. The first-order chi connectivity index (χ1) is 25.3. The minimum Gasteiger partial charge on any atom is -0.455 e. The van der Waals surface area contributed by atoms with E-state index in [0.717, 1.165) is 33.2 Å². The molecule has 8 aromatic carbocycles. The molecule has 2 nitrogen and oxygen atoms in total. The zero-order chi connectivity index (χ0) is 33.5. The van der Waals surface area contributed by atoms with E-state index < -0.39 is 0 Å². The molecule has 0 radical (unpaired) electrons. The molecule has 51 heavy (non-hydrogen) atoms. The van der Waals surface area contributed by atoms with Crippen molar-refractivity contribution in [3.8, 4) is 39.1 Å². The summed E-state index contributed by atoms with van der Waals surface area (Å²) in [4.78, 5) is 0. The van der Waals surface area contributed by atoms with Crippen LogP contribution in [0.15, 0.2) is 180 Å². The van der Waals surface area contributed by atoms with Gasteiger partial charge < -0.3 is 8.98 Å². The zero-order valence-electron chi connectivity index (χ0n) is 27.5. The lowest BCUT2D eigenvalue weighted by molar-refractivity contribution is 0.670. The number of benzene rings is 8. The van der Waals surface area contributed by atoms with Crippen molar-refractivity contribution in [1.82, 2.24) is 4.57 Å². The Kier molecular flexibility index (Phi) is 6.16. The lowest BCUT2D eigenvalue weighted by Crippen LogP contribution is -1.93. The molecule has 0 N–H and O–H groups in total. The lowest BCUT2D eigenvalue weighted by Gasteiger charge is -2.09. The smallest absolute Gasteiger partial charge is 0.143 e. The van der Waals surface area contributed by atoms with E-state index in [9.17, 15) is 0 Å². The van der Waals surface area contributed by atoms with Gasteiger partial charge >= 0.3 is 0 Å². The number of para-hydroxylation sites is 1. The van der Waals surface area contributed by atoms with Crippen LogP contribution >= 0.6 is 11.3 Å². The minimum absolute atomic E-state index is 0.892. The van der Waals surface area contributed by atoms with Gasteiger partial charge in [-0.3, -0.25) is 0 Å². The number of thiophene rings is 1. The second-order valence-electron chi connectivity index (χ2n) is 13.3. The van der Waals surface area contributed by atoms with Crippen molar-refractivity contribution in [2.45, 2.75) is 0 Å². The first-order valence-corrected chi connectivity index (χ1v) is 18.2. The predicted octanol–water partition coefficient (Wildman–Crippen LogP) is 14.1. The van der Waals surface area contributed by atoms with Crippen molar-refractivity contribution >= 4 is 75.3 Å². The fourth-order valence-electron chi connectivity index (χ4n) is 8.02. The maximum Gasteiger partial charge on any atom is 0.143 e. The Balaban J connectivity index is 1.13. The Bertz CT molecular complexity index is 3030. The second kappa shape index (κ2) is 11.0. The average molecular weight is 668 g/mol. The molecule has 3 heterocycles. The highest BCUT2D eigenvalue weighted by molar-refractivity contribution is 7.26. The summed E-state index contributed by atoms with van der Waals surface area (Å²) < 4.78 is 11.7. The highest BCUT2D eigenvalue weighted by Crippen LogP contribution is 2.44. The van der Waals surface area contributed by atoms with Gasteiger partial charge in [-0.2, -0.15) is 0 Å². The Labute approximate surface area is 298 Å². The third-order valence-electron chi connectivity index (χ3n) is 10.4. The molecule has 3 aromatic heterocycles. The molecule has 0 atom stereocenters. The molecule has 0 unspecified atom stereocenters. The Hall–Kier alpha value is -6.42. The molecular formula is C48H29NOS. The molecule has 0 aliphatic carbocycles. The van der Waals surface area contributed by atoms with Crippen molar-refractivity contribution in [3.63, 3.8) is 0 Å². The fourth-order valence-corrected chi connectivity index (χ4v) is 9.25. The van der Waals surface area contributed by atoms with E-state index in [4.69, 9.17) is 4.42 Å². The van der Waals surface area contributed by atoms with Crippen LogP contribution in [0.5, 0.6) is 0 Å². The van der Waals surface area contributed by atoms with Gasteiger partial charge in [-0.15, -0.1) is 11.3 Å². The van der Waals surface area contributed by atoms with Crippen LogP contribution in [-0.2, 0) is 0 Å². The summed E-state index contributed by atoms with van der Waals surface area (Å²) in [6.45, 7) is 0. The molecular weight excluding hydrogens is 639 g/mol. The molecule has 0 amide bonds. The van der Waals surface area contributed by atoms with Crippen LogP contribution in [0, 0.1) is 0 Å². The van der Waals surface area contributed by atoms with E-state index >= 15 is 0 Å². The van der Waals surface area contributed by atoms with E-state index in [1.165, 1.54) is 69.8 Å². The van der Waals surface area contributed by atoms with Gasteiger partial charge in [0.15, 0.2) is 0 Å². The van der Waals surface area contributed by atoms with E-state index in [1.54, 1.807) is 0 Å². The van der Waals surface area contributed by atoms with Gasteiger partial charge in [0.05, 0.1) is 11.0 Å². The van der Waals surface area contributed by atoms with Crippen LogP contribution in [0.4, 0.5) is 0 Å². The van der Waals surface area contributed by atoms with Crippen molar-refractivity contribution in [1.29, 1.82) is 0 Å². The summed E-state index contributed by atoms with van der Waals surface area (Å²) in [5, 5.41) is 7.31. The third kappa shape index (κ3) is 4.35. The summed E-state index contributed by atoms with van der Waals surface area (Å²) in [6.07, 6.45) is 0. The predicted molar refractivity (Wildman–Crippen MR) is 217 cm³/mol. The molecule has 0 saturated heterocycles. The van der Waals surface area contributed by atoms with Gasteiger partial charge in [-0.25, -0.2) is 0 Å². The molecule has 11 aromatic rings. The van der Waals surface area contributed by atoms with Crippen LogP contribution in [-0.4, -0.2) is 4.57 Å². The summed E-state index contributed by atoms with van der Waals surface area (Å²) in [5.41, 5.74) is 12.5. The summed E-state index contributed by atoms with van der Waals surface area (Å²) in [6, 6.07) is 63.6. The van der Waals surface area contributed by atoms with Crippen molar-refractivity contribution in [2.75, 3.05) is 0 Å². The van der Waals surface area contributed by atoms with Crippen molar-refractivity contribution in [3.05, 3.63) is 176 Å². The number of hydrogen-bond donors (Lipinski definition) is 0. The number of fused-ring (bicyclic) bond motifs is 9. The van der Waals surface area contributed by atoms with Crippen LogP contribution in [0.3, 0.4) is 0 Å². The number of hydrogen-bond acceptors (Lipinski definition) is 2. The molecule has 0 aliphatic heterocycles. The highest BCUT2D eigenvalue weighted by Gasteiger charge is 2.19. The Morgan fingerprint density at radius 2 is 1.00 bits per heavy atom. The first-order valence-electron chi connectivity index (χ1n) is 17.3. The van der Waals surface area contributed by atoms with Crippen molar-refractivity contribution in [2.24, 2.45) is 0 Å². The Morgan fingerprint density at radius 3 is 1.71 bits per heavy atom. The SMILES string of the molecule is c1ccc(-c2ccc3c(c2)c2cc(-c4ccccc4)ccc2n3-c2ccc3oc4c(-c5cccc6c5sc5ccccc56)cccc4c3c2)cc1. The van der Waals surface area contributed by atoms with E-state index in [0.29, 0.717) is 0 Å². The monoisotopic (exact) mass is 667 g/mol. The minimum atomic E-state index is 0.892. The molecule has 11 rings (SSSR count). The average Bonchev–Trinajstić information content (AvgIpc) is 3.87.